The molecule has 0 heterocycles. The molecular weight excluding hydrogens is 236 g/mol. The Morgan fingerprint density at radius 3 is 2.42 bits per heavy atom. The van der Waals surface area contributed by atoms with Crippen LogP contribution >= 0.6 is 0 Å². The molecule has 0 aromatic heterocycles. The summed E-state index contributed by atoms with van der Waals surface area (Å²) in [5.74, 6) is 0.710. The first-order valence-corrected chi connectivity index (χ1v) is 7.89. The van der Waals surface area contributed by atoms with Crippen molar-refractivity contribution >= 4 is 0 Å². The van der Waals surface area contributed by atoms with Gasteiger partial charge in [-0.25, -0.2) is 0 Å². The minimum atomic E-state index is 0.359. The average Bonchev–Trinajstić information content (AvgIpc) is 2.35. The predicted molar refractivity (Wildman–Crippen MR) is 84.7 cm³/mol. The summed E-state index contributed by atoms with van der Waals surface area (Å²) >= 11 is 0. The number of methoxy groups -OCH3 is 1. The SMILES string of the molecule is CCCNCC(C)(CC)CN(CCOC)CC(C)C. The molecule has 19 heavy (non-hydrogen) atoms. The van der Waals surface area contributed by atoms with Crippen LogP contribution in [0.3, 0.4) is 0 Å². The van der Waals surface area contributed by atoms with Crippen LogP contribution in [0, 0.1) is 11.3 Å². The first kappa shape index (κ1) is 18.9. The molecule has 3 heteroatoms. The molecule has 1 atom stereocenters. The van der Waals surface area contributed by atoms with E-state index in [9.17, 15) is 0 Å². The highest BCUT2D eigenvalue weighted by Gasteiger charge is 2.25. The minimum absolute atomic E-state index is 0.359. The molecule has 116 valence electrons. The fourth-order valence-corrected chi connectivity index (χ4v) is 2.37. The van der Waals surface area contributed by atoms with Crippen LogP contribution in [-0.4, -0.2) is 51.3 Å². The summed E-state index contributed by atoms with van der Waals surface area (Å²) in [6.07, 6.45) is 2.42. The summed E-state index contributed by atoms with van der Waals surface area (Å²) < 4.78 is 5.24. The summed E-state index contributed by atoms with van der Waals surface area (Å²) in [4.78, 5) is 2.56. The molecule has 0 radical (unpaired) electrons. The van der Waals surface area contributed by atoms with E-state index in [4.69, 9.17) is 4.74 Å². The number of nitrogens with one attached hydrogen (secondary N) is 1. The normalized spacial score (nSPS) is 15.2. The monoisotopic (exact) mass is 272 g/mol. The van der Waals surface area contributed by atoms with Gasteiger partial charge in [-0.15, -0.1) is 0 Å². The molecule has 0 fully saturated rings. The van der Waals surface area contributed by atoms with Gasteiger partial charge >= 0.3 is 0 Å². The van der Waals surface area contributed by atoms with Crippen molar-refractivity contribution in [2.24, 2.45) is 11.3 Å². The van der Waals surface area contributed by atoms with E-state index in [1.54, 1.807) is 7.11 Å². The molecule has 1 N–H and O–H groups in total. The molecule has 0 spiro atoms. The Labute approximate surface area is 121 Å². The van der Waals surface area contributed by atoms with E-state index in [1.807, 2.05) is 0 Å². The summed E-state index contributed by atoms with van der Waals surface area (Å²) in [6.45, 7) is 17.9. The predicted octanol–water partition coefficient (Wildman–Crippen LogP) is 3.01. The molecule has 0 aromatic rings. The van der Waals surface area contributed by atoms with Crippen LogP contribution in [0.15, 0.2) is 0 Å². The van der Waals surface area contributed by atoms with Gasteiger partial charge in [-0.3, -0.25) is 0 Å². The van der Waals surface area contributed by atoms with Crippen LogP contribution in [0.2, 0.25) is 0 Å². The summed E-state index contributed by atoms with van der Waals surface area (Å²) in [5, 5.41) is 3.58. The van der Waals surface area contributed by atoms with E-state index < -0.39 is 0 Å². The van der Waals surface area contributed by atoms with Gasteiger partial charge < -0.3 is 15.0 Å². The van der Waals surface area contributed by atoms with Gasteiger partial charge in [0.2, 0.25) is 0 Å². The maximum absolute atomic E-state index is 5.24. The van der Waals surface area contributed by atoms with Crippen LogP contribution < -0.4 is 5.32 Å². The molecule has 0 bridgehead atoms. The number of hydrogen-bond donors (Lipinski definition) is 1. The number of nitrogens with zero attached hydrogens (tertiary/aromatic N) is 1. The smallest absolute Gasteiger partial charge is 0.0589 e. The second kappa shape index (κ2) is 10.6. The van der Waals surface area contributed by atoms with Gasteiger partial charge in [-0.05, 0) is 30.7 Å². The lowest BCUT2D eigenvalue weighted by Crippen LogP contribution is -2.44. The Morgan fingerprint density at radius 2 is 1.95 bits per heavy atom. The van der Waals surface area contributed by atoms with Crippen molar-refractivity contribution in [3.05, 3.63) is 0 Å². The van der Waals surface area contributed by atoms with E-state index in [1.165, 1.54) is 12.8 Å². The van der Waals surface area contributed by atoms with E-state index in [-0.39, 0.29) is 0 Å². The molecular formula is C16H36N2O. The van der Waals surface area contributed by atoms with Crippen molar-refractivity contribution in [2.75, 3.05) is 46.4 Å². The lowest BCUT2D eigenvalue weighted by molar-refractivity contribution is 0.100. The van der Waals surface area contributed by atoms with Gasteiger partial charge in [0.05, 0.1) is 6.61 Å². The quantitative estimate of drug-likeness (QED) is 0.553. The van der Waals surface area contributed by atoms with Crippen LogP contribution in [0.25, 0.3) is 0 Å². The highest BCUT2D eigenvalue weighted by Crippen LogP contribution is 2.22. The lowest BCUT2D eigenvalue weighted by Gasteiger charge is -2.36. The van der Waals surface area contributed by atoms with E-state index in [0.717, 1.165) is 39.3 Å². The van der Waals surface area contributed by atoms with E-state index >= 15 is 0 Å². The number of ether oxygens (including phenoxy) is 1. The molecule has 0 saturated heterocycles. The molecule has 0 aromatic carbocycles. The van der Waals surface area contributed by atoms with Gasteiger partial charge in [0.15, 0.2) is 0 Å². The van der Waals surface area contributed by atoms with Gasteiger partial charge in [0.25, 0.3) is 0 Å². The van der Waals surface area contributed by atoms with Gasteiger partial charge in [0, 0.05) is 33.3 Å². The molecule has 0 aliphatic carbocycles. The third kappa shape index (κ3) is 9.42. The van der Waals surface area contributed by atoms with Gasteiger partial charge in [0.1, 0.15) is 0 Å². The summed E-state index contributed by atoms with van der Waals surface area (Å²) in [6, 6.07) is 0. The van der Waals surface area contributed by atoms with Crippen molar-refractivity contribution in [1.29, 1.82) is 0 Å². The van der Waals surface area contributed by atoms with Gasteiger partial charge in [-0.2, -0.15) is 0 Å². The van der Waals surface area contributed by atoms with Crippen molar-refractivity contribution < 1.29 is 4.74 Å². The first-order chi connectivity index (χ1) is 8.97. The van der Waals surface area contributed by atoms with E-state index in [0.29, 0.717) is 11.3 Å². The molecule has 1 unspecified atom stereocenters. The zero-order valence-electron chi connectivity index (χ0n) is 14.1. The molecule has 0 rings (SSSR count). The second-order valence-corrected chi connectivity index (χ2v) is 6.46. The van der Waals surface area contributed by atoms with Crippen molar-refractivity contribution in [1.82, 2.24) is 10.2 Å². The van der Waals surface area contributed by atoms with Crippen LogP contribution in [-0.2, 0) is 4.74 Å². The van der Waals surface area contributed by atoms with Gasteiger partial charge in [-0.1, -0.05) is 34.6 Å². The van der Waals surface area contributed by atoms with Crippen LogP contribution in [0.1, 0.15) is 47.5 Å². The van der Waals surface area contributed by atoms with Crippen LogP contribution in [0.4, 0.5) is 0 Å². The third-order valence-electron chi connectivity index (χ3n) is 3.67. The Bertz CT molecular complexity index is 209. The topological polar surface area (TPSA) is 24.5 Å². The molecule has 0 aliphatic rings. The molecule has 3 nitrogen and oxygen atoms in total. The van der Waals surface area contributed by atoms with Crippen LogP contribution in [0.5, 0.6) is 0 Å². The summed E-state index contributed by atoms with van der Waals surface area (Å²) in [5.41, 5.74) is 0.359. The van der Waals surface area contributed by atoms with Crippen molar-refractivity contribution in [2.45, 2.75) is 47.5 Å². The zero-order chi connectivity index (χ0) is 14.7. The Balaban J connectivity index is 4.37. The Kier molecular flexibility index (Phi) is 10.6. The maximum Gasteiger partial charge on any atom is 0.0589 e. The second-order valence-electron chi connectivity index (χ2n) is 6.46. The minimum Gasteiger partial charge on any atom is -0.383 e. The number of rotatable bonds is 12. The largest absolute Gasteiger partial charge is 0.383 e. The summed E-state index contributed by atoms with van der Waals surface area (Å²) in [7, 11) is 1.79. The number of hydrogen-bond acceptors (Lipinski definition) is 3. The highest BCUT2D eigenvalue weighted by atomic mass is 16.5. The standard InChI is InChI=1S/C16H36N2O/c1-7-9-17-13-16(5,8-2)14-18(10-11-19-6)12-15(3)4/h15,17H,7-14H2,1-6H3. The van der Waals surface area contributed by atoms with Crippen molar-refractivity contribution in [3.63, 3.8) is 0 Å². The Hall–Kier alpha value is -0.120. The fraction of sp³-hybridized carbons (Fsp3) is 1.00. The van der Waals surface area contributed by atoms with E-state index in [2.05, 4.69) is 44.8 Å². The molecule has 0 saturated carbocycles. The average molecular weight is 272 g/mol. The Morgan fingerprint density at radius 1 is 1.26 bits per heavy atom. The maximum atomic E-state index is 5.24. The lowest BCUT2D eigenvalue weighted by atomic mass is 9.86. The molecule has 0 amide bonds. The third-order valence-corrected chi connectivity index (χ3v) is 3.67. The first-order valence-electron chi connectivity index (χ1n) is 7.89. The van der Waals surface area contributed by atoms with Crippen molar-refractivity contribution in [3.8, 4) is 0 Å². The zero-order valence-corrected chi connectivity index (χ0v) is 14.1. The highest BCUT2D eigenvalue weighted by molar-refractivity contribution is 4.80. The fourth-order valence-electron chi connectivity index (χ4n) is 2.37. The molecule has 0 aliphatic heterocycles.